The minimum absolute atomic E-state index is 0.0124. The van der Waals surface area contributed by atoms with Gasteiger partial charge in [0, 0.05) is 27.8 Å². The van der Waals surface area contributed by atoms with Gasteiger partial charge < -0.3 is 37.9 Å². The third-order valence-electron chi connectivity index (χ3n) is 4.41. The zero-order valence-corrected chi connectivity index (χ0v) is 18.9. The maximum atomic E-state index is 10.9. The average Bonchev–Trinajstić information content (AvgIpc) is 2.80. The van der Waals surface area contributed by atoms with Gasteiger partial charge in [-0.05, 0) is 43.3 Å². The number of aldehydes is 1. The van der Waals surface area contributed by atoms with Crippen molar-refractivity contribution in [3.63, 3.8) is 0 Å². The van der Waals surface area contributed by atoms with Gasteiger partial charge >= 0.3 is 0 Å². The van der Waals surface area contributed by atoms with Crippen molar-refractivity contribution in [2.75, 3.05) is 55.4 Å². The molecule has 0 aliphatic heterocycles. The maximum Gasteiger partial charge on any atom is 0.147 e. The molecule has 0 amide bonds. The van der Waals surface area contributed by atoms with Crippen molar-refractivity contribution in [3.05, 3.63) is 36.4 Å². The molecule has 0 saturated heterocycles. The quantitative estimate of drug-likeness (QED) is 0.193. The van der Waals surface area contributed by atoms with E-state index in [1.54, 1.807) is 27.2 Å². The van der Waals surface area contributed by atoms with E-state index in [1.165, 1.54) is 20.3 Å². The Hall–Kier alpha value is -2.01. The number of carbonyl (C=O) groups excluding carboxylic acids is 1. The Morgan fingerprint density at radius 2 is 1.52 bits per heavy atom. The van der Waals surface area contributed by atoms with E-state index in [9.17, 15) is 4.79 Å². The number of hydrogen-bond acceptors (Lipinski definition) is 9. The van der Waals surface area contributed by atoms with E-state index in [0.717, 1.165) is 5.75 Å². The number of allylic oxidation sites excluding steroid dienone is 1. The fourth-order valence-electron chi connectivity index (χ4n) is 2.73. The van der Waals surface area contributed by atoms with Gasteiger partial charge in [0.15, 0.2) is 0 Å². The SMILES string of the molecule is COCO[C@@H](COc1ccc(OC)cc1)C[C@@H](OCOC)[C@@](C)(/C=C/C=O)OCOC. The van der Waals surface area contributed by atoms with Gasteiger partial charge in [-0.25, -0.2) is 0 Å². The first-order valence-electron chi connectivity index (χ1n) is 9.76. The maximum absolute atomic E-state index is 10.9. The molecule has 0 bridgehead atoms. The second kappa shape index (κ2) is 15.7. The highest BCUT2D eigenvalue weighted by Crippen LogP contribution is 2.26. The van der Waals surface area contributed by atoms with Crippen LogP contribution in [0, 0.1) is 0 Å². The summed E-state index contributed by atoms with van der Waals surface area (Å²) in [6.45, 7) is 2.15. The second-order valence-corrected chi connectivity index (χ2v) is 6.71. The predicted molar refractivity (Wildman–Crippen MR) is 113 cm³/mol. The molecule has 9 heteroatoms. The largest absolute Gasteiger partial charge is 0.497 e. The smallest absolute Gasteiger partial charge is 0.147 e. The lowest BCUT2D eigenvalue weighted by molar-refractivity contribution is -0.197. The van der Waals surface area contributed by atoms with Crippen molar-refractivity contribution >= 4 is 6.29 Å². The van der Waals surface area contributed by atoms with Gasteiger partial charge in [0.05, 0.1) is 19.3 Å². The van der Waals surface area contributed by atoms with Crippen molar-refractivity contribution in [3.8, 4) is 11.5 Å². The van der Waals surface area contributed by atoms with Crippen molar-refractivity contribution < 1.29 is 42.7 Å². The van der Waals surface area contributed by atoms with Crippen LogP contribution in [-0.2, 0) is 33.2 Å². The molecule has 3 atom stereocenters. The Labute approximate surface area is 184 Å². The first-order chi connectivity index (χ1) is 15.0. The molecule has 0 aliphatic carbocycles. The molecule has 0 unspecified atom stereocenters. The fourth-order valence-corrected chi connectivity index (χ4v) is 2.73. The van der Waals surface area contributed by atoms with Gasteiger partial charge in [-0.1, -0.05) is 0 Å². The van der Waals surface area contributed by atoms with Crippen LogP contribution in [-0.4, -0.2) is 79.5 Å². The molecule has 1 rings (SSSR count). The molecule has 0 fully saturated rings. The van der Waals surface area contributed by atoms with Crippen molar-refractivity contribution in [2.45, 2.75) is 31.2 Å². The van der Waals surface area contributed by atoms with Gasteiger partial charge in [-0.2, -0.15) is 0 Å². The van der Waals surface area contributed by atoms with Crippen molar-refractivity contribution in [1.29, 1.82) is 0 Å². The summed E-state index contributed by atoms with van der Waals surface area (Å²) in [7, 11) is 6.19. The summed E-state index contributed by atoms with van der Waals surface area (Å²) in [5.74, 6) is 1.40. The summed E-state index contributed by atoms with van der Waals surface area (Å²) in [5, 5.41) is 0. The number of benzene rings is 1. The summed E-state index contributed by atoms with van der Waals surface area (Å²) in [4.78, 5) is 10.9. The second-order valence-electron chi connectivity index (χ2n) is 6.71. The van der Waals surface area contributed by atoms with Crippen LogP contribution in [0.25, 0.3) is 0 Å². The zero-order chi connectivity index (χ0) is 23.0. The van der Waals surface area contributed by atoms with Gasteiger partial charge in [-0.15, -0.1) is 0 Å². The summed E-state index contributed by atoms with van der Waals surface area (Å²) in [6.07, 6.45) is 3.08. The van der Waals surface area contributed by atoms with Crippen LogP contribution < -0.4 is 9.47 Å². The first kappa shape index (κ1) is 27.0. The Balaban J connectivity index is 2.96. The van der Waals surface area contributed by atoms with E-state index in [2.05, 4.69) is 0 Å². The molecule has 0 aromatic heterocycles. The molecule has 0 spiro atoms. The standard InChI is InChI=1S/C22H34O9/c1-22(11-6-12-23,31-17-26-4)21(30-16-25-3)13-20(29-15-24-2)14-28-19-9-7-18(27-5)8-10-19/h6-12,20-21H,13-17H2,1-5H3/b11-6+/t20-,21-,22-/m1/s1. The molecule has 1 aromatic rings. The fraction of sp³-hybridized carbons (Fsp3) is 0.591. The summed E-state index contributed by atoms with van der Waals surface area (Å²) < 4.78 is 43.8. The van der Waals surface area contributed by atoms with Gasteiger partial charge in [0.25, 0.3) is 0 Å². The molecule has 1 aromatic carbocycles. The molecular formula is C22H34O9. The molecule has 9 nitrogen and oxygen atoms in total. The lowest BCUT2D eigenvalue weighted by atomic mass is 9.93. The molecule has 0 radical (unpaired) electrons. The highest BCUT2D eigenvalue weighted by molar-refractivity contribution is 5.65. The topological polar surface area (TPSA) is 90.9 Å². The highest BCUT2D eigenvalue weighted by Gasteiger charge is 2.36. The average molecular weight is 443 g/mol. The van der Waals surface area contributed by atoms with E-state index < -0.39 is 17.8 Å². The minimum atomic E-state index is -0.982. The number of ether oxygens (including phenoxy) is 8. The Morgan fingerprint density at radius 3 is 2.10 bits per heavy atom. The molecule has 0 aliphatic rings. The van der Waals surface area contributed by atoms with E-state index in [-0.39, 0.29) is 27.0 Å². The Kier molecular flexibility index (Phi) is 13.7. The summed E-state index contributed by atoms with van der Waals surface area (Å²) in [5.41, 5.74) is -0.982. The highest BCUT2D eigenvalue weighted by atomic mass is 16.7. The van der Waals surface area contributed by atoms with Crippen LogP contribution >= 0.6 is 0 Å². The van der Waals surface area contributed by atoms with Crippen LogP contribution in [0.1, 0.15) is 13.3 Å². The van der Waals surface area contributed by atoms with Crippen LogP contribution in [0.3, 0.4) is 0 Å². The number of methoxy groups -OCH3 is 4. The zero-order valence-electron chi connectivity index (χ0n) is 18.9. The first-order valence-corrected chi connectivity index (χ1v) is 9.76. The third-order valence-corrected chi connectivity index (χ3v) is 4.41. The van der Waals surface area contributed by atoms with Crippen LogP contribution in [0.15, 0.2) is 36.4 Å². The van der Waals surface area contributed by atoms with Crippen LogP contribution in [0.2, 0.25) is 0 Å². The molecule has 0 saturated carbocycles. The lowest BCUT2D eigenvalue weighted by Crippen LogP contribution is -2.46. The van der Waals surface area contributed by atoms with Gasteiger partial charge in [0.1, 0.15) is 50.4 Å². The van der Waals surface area contributed by atoms with E-state index in [1.807, 2.05) is 24.3 Å². The number of carbonyl (C=O) groups is 1. The van der Waals surface area contributed by atoms with E-state index in [4.69, 9.17) is 37.9 Å². The van der Waals surface area contributed by atoms with Crippen LogP contribution in [0.4, 0.5) is 0 Å². The van der Waals surface area contributed by atoms with E-state index >= 15 is 0 Å². The molecular weight excluding hydrogens is 408 g/mol. The molecule has 176 valence electrons. The van der Waals surface area contributed by atoms with Crippen LogP contribution in [0.5, 0.6) is 11.5 Å². The predicted octanol–water partition coefficient (Wildman–Crippen LogP) is 2.58. The van der Waals surface area contributed by atoms with Gasteiger partial charge in [0.2, 0.25) is 0 Å². The lowest BCUT2D eigenvalue weighted by Gasteiger charge is -2.36. The van der Waals surface area contributed by atoms with Gasteiger partial charge in [-0.3, -0.25) is 4.79 Å². The number of hydrogen-bond donors (Lipinski definition) is 0. The molecule has 31 heavy (non-hydrogen) atoms. The van der Waals surface area contributed by atoms with E-state index in [0.29, 0.717) is 18.5 Å². The van der Waals surface area contributed by atoms with Crippen molar-refractivity contribution in [1.82, 2.24) is 0 Å². The summed E-state index contributed by atoms with van der Waals surface area (Å²) in [6, 6.07) is 7.24. The summed E-state index contributed by atoms with van der Waals surface area (Å²) >= 11 is 0. The number of rotatable bonds is 18. The Bertz CT molecular complexity index is 620. The monoisotopic (exact) mass is 442 g/mol. The third kappa shape index (κ3) is 10.2. The Morgan fingerprint density at radius 1 is 0.903 bits per heavy atom. The normalized spacial score (nSPS) is 15.4. The molecule has 0 N–H and O–H groups in total. The van der Waals surface area contributed by atoms with Crippen molar-refractivity contribution in [2.24, 2.45) is 0 Å². The minimum Gasteiger partial charge on any atom is -0.497 e. The molecule has 0 heterocycles.